The standard InChI is InChI=1S/C14H9Cl3O2/c15-9-6-11(14(17)12(16)7-9)13(18)8-19-10-4-2-1-3-5-10/h1-7H,8H2. The van der Waals surface area contributed by atoms with Crippen LogP contribution in [0.25, 0.3) is 0 Å². The Kier molecular flexibility index (Phi) is 4.70. The number of benzene rings is 2. The molecule has 98 valence electrons. The van der Waals surface area contributed by atoms with Gasteiger partial charge in [0.25, 0.3) is 0 Å². The molecule has 0 heterocycles. The van der Waals surface area contributed by atoms with Gasteiger partial charge in [0.15, 0.2) is 6.61 Å². The van der Waals surface area contributed by atoms with Crippen LogP contribution in [0.4, 0.5) is 0 Å². The zero-order valence-electron chi connectivity index (χ0n) is 9.70. The Labute approximate surface area is 125 Å². The lowest BCUT2D eigenvalue weighted by Crippen LogP contribution is -2.12. The second-order valence-corrected chi connectivity index (χ2v) is 5.00. The normalized spacial score (nSPS) is 10.3. The third-order valence-electron chi connectivity index (χ3n) is 2.41. The van der Waals surface area contributed by atoms with Crippen molar-refractivity contribution < 1.29 is 9.53 Å². The van der Waals surface area contributed by atoms with E-state index in [9.17, 15) is 4.79 Å². The van der Waals surface area contributed by atoms with Gasteiger partial charge >= 0.3 is 0 Å². The summed E-state index contributed by atoms with van der Waals surface area (Å²) in [6.07, 6.45) is 0. The summed E-state index contributed by atoms with van der Waals surface area (Å²) < 4.78 is 5.36. The van der Waals surface area contributed by atoms with E-state index in [1.807, 2.05) is 18.2 Å². The van der Waals surface area contributed by atoms with Gasteiger partial charge in [-0.15, -0.1) is 0 Å². The Balaban J connectivity index is 2.13. The number of hydrogen-bond donors (Lipinski definition) is 0. The van der Waals surface area contributed by atoms with Crippen LogP contribution in [0.5, 0.6) is 5.75 Å². The van der Waals surface area contributed by atoms with Crippen LogP contribution < -0.4 is 4.74 Å². The maximum absolute atomic E-state index is 12.0. The highest BCUT2D eigenvalue weighted by Gasteiger charge is 2.15. The largest absolute Gasteiger partial charge is 0.485 e. The van der Waals surface area contributed by atoms with Crippen LogP contribution in [0.3, 0.4) is 0 Å². The first kappa shape index (κ1) is 14.2. The molecule has 0 aromatic heterocycles. The SMILES string of the molecule is O=C(COc1ccccc1)c1cc(Cl)cc(Cl)c1Cl. The number of carbonyl (C=O) groups is 1. The molecule has 0 amide bonds. The zero-order valence-corrected chi connectivity index (χ0v) is 12.0. The van der Waals surface area contributed by atoms with Gasteiger partial charge in [-0.25, -0.2) is 0 Å². The minimum absolute atomic E-state index is 0.125. The Hall–Kier alpha value is -1.22. The van der Waals surface area contributed by atoms with Crippen molar-refractivity contribution in [2.24, 2.45) is 0 Å². The number of ketones is 1. The van der Waals surface area contributed by atoms with Crippen molar-refractivity contribution in [3.8, 4) is 5.75 Å². The summed E-state index contributed by atoms with van der Waals surface area (Å²) in [6.45, 7) is -0.125. The molecule has 0 N–H and O–H groups in total. The van der Waals surface area contributed by atoms with Crippen LogP contribution in [0.1, 0.15) is 10.4 Å². The van der Waals surface area contributed by atoms with Gasteiger partial charge in [0.1, 0.15) is 5.75 Å². The van der Waals surface area contributed by atoms with Crippen molar-refractivity contribution in [2.45, 2.75) is 0 Å². The van der Waals surface area contributed by atoms with Crippen LogP contribution in [0.2, 0.25) is 15.1 Å². The summed E-state index contributed by atoms with van der Waals surface area (Å²) in [6, 6.07) is 12.0. The molecule has 0 spiro atoms. The van der Waals surface area contributed by atoms with E-state index in [0.29, 0.717) is 10.8 Å². The third-order valence-corrected chi connectivity index (χ3v) is 3.43. The molecule has 0 saturated carbocycles. The molecular weight excluding hydrogens is 307 g/mol. The molecule has 2 rings (SSSR count). The molecule has 2 aromatic rings. The number of ether oxygens (including phenoxy) is 1. The van der Waals surface area contributed by atoms with Crippen molar-refractivity contribution in [3.05, 3.63) is 63.1 Å². The van der Waals surface area contributed by atoms with Crippen LogP contribution >= 0.6 is 34.8 Å². The monoisotopic (exact) mass is 314 g/mol. The van der Waals surface area contributed by atoms with Crippen molar-refractivity contribution in [3.63, 3.8) is 0 Å². The average molecular weight is 316 g/mol. The van der Waals surface area contributed by atoms with Gasteiger partial charge in [0.2, 0.25) is 5.78 Å². The van der Waals surface area contributed by atoms with E-state index in [1.165, 1.54) is 12.1 Å². The second-order valence-electron chi connectivity index (χ2n) is 3.77. The molecule has 0 radical (unpaired) electrons. The Morgan fingerprint density at radius 1 is 1.05 bits per heavy atom. The Morgan fingerprint density at radius 2 is 1.74 bits per heavy atom. The highest BCUT2D eigenvalue weighted by molar-refractivity contribution is 6.45. The molecule has 19 heavy (non-hydrogen) atoms. The van der Waals surface area contributed by atoms with Gasteiger partial charge < -0.3 is 4.74 Å². The van der Waals surface area contributed by atoms with Gasteiger partial charge in [-0.3, -0.25) is 4.79 Å². The summed E-state index contributed by atoms with van der Waals surface area (Å²) in [7, 11) is 0. The van der Waals surface area contributed by atoms with E-state index in [4.69, 9.17) is 39.5 Å². The van der Waals surface area contributed by atoms with Crippen molar-refractivity contribution in [1.82, 2.24) is 0 Å². The van der Waals surface area contributed by atoms with Crippen molar-refractivity contribution in [2.75, 3.05) is 6.61 Å². The van der Waals surface area contributed by atoms with E-state index in [2.05, 4.69) is 0 Å². The minimum atomic E-state index is -0.279. The maximum atomic E-state index is 12.0. The smallest absolute Gasteiger partial charge is 0.201 e. The lowest BCUT2D eigenvalue weighted by molar-refractivity contribution is 0.0921. The van der Waals surface area contributed by atoms with E-state index in [1.54, 1.807) is 12.1 Å². The predicted octanol–water partition coefficient (Wildman–Crippen LogP) is 4.91. The predicted molar refractivity (Wildman–Crippen MR) is 77.7 cm³/mol. The lowest BCUT2D eigenvalue weighted by atomic mass is 10.1. The number of halogens is 3. The van der Waals surface area contributed by atoms with E-state index in [-0.39, 0.29) is 28.0 Å². The van der Waals surface area contributed by atoms with Gasteiger partial charge in [-0.2, -0.15) is 0 Å². The fourth-order valence-electron chi connectivity index (χ4n) is 1.50. The average Bonchev–Trinajstić information content (AvgIpc) is 2.41. The highest BCUT2D eigenvalue weighted by atomic mass is 35.5. The van der Waals surface area contributed by atoms with Crippen LogP contribution in [-0.2, 0) is 0 Å². The molecular formula is C14H9Cl3O2. The highest BCUT2D eigenvalue weighted by Crippen LogP contribution is 2.30. The first-order chi connectivity index (χ1) is 9.08. The van der Waals surface area contributed by atoms with Crippen molar-refractivity contribution in [1.29, 1.82) is 0 Å². The van der Waals surface area contributed by atoms with E-state index >= 15 is 0 Å². The van der Waals surface area contributed by atoms with Gasteiger partial charge in [-0.1, -0.05) is 53.0 Å². The van der Waals surface area contributed by atoms with Gasteiger partial charge in [0.05, 0.1) is 10.0 Å². The van der Waals surface area contributed by atoms with Crippen LogP contribution in [0, 0.1) is 0 Å². The number of carbonyl (C=O) groups excluding carboxylic acids is 1. The number of para-hydroxylation sites is 1. The van der Waals surface area contributed by atoms with E-state index in [0.717, 1.165) is 0 Å². The van der Waals surface area contributed by atoms with E-state index < -0.39 is 0 Å². The molecule has 2 aromatic carbocycles. The molecule has 0 aliphatic carbocycles. The molecule has 0 bridgehead atoms. The zero-order chi connectivity index (χ0) is 13.8. The molecule has 0 aliphatic heterocycles. The van der Waals surface area contributed by atoms with Crippen molar-refractivity contribution >= 4 is 40.6 Å². The Morgan fingerprint density at radius 3 is 2.42 bits per heavy atom. The maximum Gasteiger partial charge on any atom is 0.201 e. The first-order valence-corrected chi connectivity index (χ1v) is 6.57. The quantitative estimate of drug-likeness (QED) is 0.592. The fourth-order valence-corrected chi connectivity index (χ4v) is 2.21. The Bertz CT molecular complexity index is 597. The topological polar surface area (TPSA) is 26.3 Å². The molecule has 0 aliphatic rings. The molecule has 5 heteroatoms. The summed E-state index contributed by atoms with van der Waals surface area (Å²) in [5.41, 5.74) is 0.259. The summed E-state index contributed by atoms with van der Waals surface area (Å²) in [5.74, 6) is 0.332. The fraction of sp³-hybridized carbons (Fsp3) is 0.0714. The first-order valence-electron chi connectivity index (χ1n) is 5.43. The third kappa shape index (κ3) is 3.63. The lowest BCUT2D eigenvalue weighted by Gasteiger charge is -2.08. The van der Waals surface area contributed by atoms with Crippen LogP contribution in [0.15, 0.2) is 42.5 Å². The molecule has 2 nitrogen and oxygen atoms in total. The number of Topliss-reactive ketones (excluding diaryl/α,β-unsaturated/α-hetero) is 1. The summed E-state index contributed by atoms with van der Waals surface area (Å²) in [4.78, 5) is 12.0. The summed E-state index contributed by atoms with van der Waals surface area (Å²) >= 11 is 17.7. The molecule has 0 fully saturated rings. The number of hydrogen-bond acceptors (Lipinski definition) is 2. The van der Waals surface area contributed by atoms with Gasteiger partial charge in [0, 0.05) is 10.6 Å². The minimum Gasteiger partial charge on any atom is -0.485 e. The van der Waals surface area contributed by atoms with Gasteiger partial charge in [-0.05, 0) is 24.3 Å². The van der Waals surface area contributed by atoms with Crippen LogP contribution in [-0.4, -0.2) is 12.4 Å². The number of rotatable bonds is 4. The molecule has 0 atom stereocenters. The summed E-state index contributed by atoms with van der Waals surface area (Å²) in [5, 5.41) is 0.794. The molecule has 0 unspecified atom stereocenters. The second kappa shape index (κ2) is 6.29. The molecule has 0 saturated heterocycles.